The van der Waals surface area contributed by atoms with E-state index in [1.54, 1.807) is 12.1 Å². The fourth-order valence-electron chi connectivity index (χ4n) is 2.15. The molecule has 0 saturated carbocycles. The van der Waals surface area contributed by atoms with Gasteiger partial charge in [-0.3, -0.25) is 4.79 Å². The van der Waals surface area contributed by atoms with E-state index in [0.717, 1.165) is 29.4 Å². The summed E-state index contributed by atoms with van der Waals surface area (Å²) in [5.74, 6) is -0.0128. The van der Waals surface area contributed by atoms with Crippen molar-refractivity contribution >= 4 is 16.9 Å². The molecule has 0 atom stereocenters. The summed E-state index contributed by atoms with van der Waals surface area (Å²) < 4.78 is 6.76. The Morgan fingerprint density at radius 1 is 1.44 bits per heavy atom. The van der Waals surface area contributed by atoms with Crippen LogP contribution in [-0.2, 0) is 22.5 Å². The number of benzene rings is 1. The number of esters is 1. The van der Waals surface area contributed by atoms with Gasteiger partial charge in [0.05, 0.1) is 19.0 Å². The van der Waals surface area contributed by atoms with Gasteiger partial charge in [0, 0.05) is 24.2 Å². The van der Waals surface area contributed by atoms with Crippen molar-refractivity contribution in [1.82, 2.24) is 4.57 Å². The molecule has 2 aromatic rings. The number of rotatable bonds is 4. The predicted octanol–water partition coefficient (Wildman–Crippen LogP) is 2.47. The number of aromatic nitrogens is 1. The van der Waals surface area contributed by atoms with Gasteiger partial charge in [-0.05, 0) is 24.1 Å². The first-order chi connectivity index (χ1) is 8.65. The Hall–Kier alpha value is -1.97. The predicted molar refractivity (Wildman–Crippen MR) is 69.6 cm³/mol. The Morgan fingerprint density at radius 2 is 2.22 bits per heavy atom. The lowest BCUT2D eigenvalue weighted by molar-refractivity contribution is -0.139. The van der Waals surface area contributed by atoms with Crippen molar-refractivity contribution in [2.24, 2.45) is 0 Å². The summed E-state index contributed by atoms with van der Waals surface area (Å²) in [5, 5.41) is 10.5. The SMILES string of the molecule is CCCn1cc(CC(=O)OC)c2ccc(O)cc21. The highest BCUT2D eigenvalue weighted by atomic mass is 16.5. The van der Waals surface area contributed by atoms with E-state index in [4.69, 9.17) is 4.74 Å². The van der Waals surface area contributed by atoms with Gasteiger partial charge >= 0.3 is 5.97 Å². The summed E-state index contributed by atoms with van der Waals surface area (Å²) in [6, 6.07) is 5.21. The molecule has 18 heavy (non-hydrogen) atoms. The molecule has 0 fully saturated rings. The molecule has 0 aliphatic rings. The summed E-state index contributed by atoms with van der Waals surface area (Å²) >= 11 is 0. The van der Waals surface area contributed by atoms with Crippen molar-refractivity contribution in [2.45, 2.75) is 26.3 Å². The van der Waals surface area contributed by atoms with Crippen LogP contribution >= 0.6 is 0 Å². The molecule has 0 aliphatic heterocycles. The smallest absolute Gasteiger partial charge is 0.310 e. The van der Waals surface area contributed by atoms with Crippen LogP contribution in [0.2, 0.25) is 0 Å². The molecule has 0 unspecified atom stereocenters. The molecule has 1 aromatic heterocycles. The number of aromatic hydroxyl groups is 1. The lowest BCUT2D eigenvalue weighted by atomic mass is 10.1. The first-order valence-electron chi connectivity index (χ1n) is 6.03. The minimum Gasteiger partial charge on any atom is -0.508 e. The average molecular weight is 247 g/mol. The number of carbonyl (C=O) groups is 1. The number of methoxy groups -OCH3 is 1. The molecule has 4 nitrogen and oxygen atoms in total. The third-order valence-corrected chi connectivity index (χ3v) is 2.98. The van der Waals surface area contributed by atoms with Crippen LogP contribution in [0, 0.1) is 0 Å². The lowest BCUT2D eigenvalue weighted by Crippen LogP contribution is -2.03. The van der Waals surface area contributed by atoms with E-state index in [2.05, 4.69) is 11.5 Å². The van der Waals surface area contributed by atoms with Crippen LogP contribution in [0.1, 0.15) is 18.9 Å². The van der Waals surface area contributed by atoms with E-state index < -0.39 is 0 Å². The minimum absolute atomic E-state index is 0.238. The monoisotopic (exact) mass is 247 g/mol. The molecule has 0 saturated heterocycles. The second-order valence-corrected chi connectivity index (χ2v) is 4.30. The van der Waals surface area contributed by atoms with Crippen molar-refractivity contribution in [2.75, 3.05) is 7.11 Å². The number of hydrogen-bond acceptors (Lipinski definition) is 3. The number of ether oxygens (including phenoxy) is 1. The molecule has 1 aromatic carbocycles. The standard InChI is InChI=1S/C14H17NO3/c1-3-6-15-9-10(7-14(17)18-2)12-5-4-11(16)8-13(12)15/h4-5,8-9,16H,3,6-7H2,1-2H3. The van der Waals surface area contributed by atoms with Crippen molar-refractivity contribution < 1.29 is 14.6 Å². The topological polar surface area (TPSA) is 51.5 Å². The van der Waals surface area contributed by atoms with Gasteiger partial charge in [-0.1, -0.05) is 6.92 Å². The maximum absolute atomic E-state index is 11.4. The fourth-order valence-corrected chi connectivity index (χ4v) is 2.15. The molecule has 1 N–H and O–H groups in total. The highest BCUT2D eigenvalue weighted by molar-refractivity contribution is 5.88. The Labute approximate surface area is 106 Å². The summed E-state index contributed by atoms with van der Waals surface area (Å²) in [6.45, 7) is 2.95. The highest BCUT2D eigenvalue weighted by Gasteiger charge is 2.12. The number of carbonyl (C=O) groups excluding carboxylic acids is 1. The van der Waals surface area contributed by atoms with Crippen LogP contribution in [0.3, 0.4) is 0 Å². The molecule has 96 valence electrons. The van der Waals surface area contributed by atoms with Crippen molar-refractivity contribution in [3.8, 4) is 5.75 Å². The van der Waals surface area contributed by atoms with E-state index in [-0.39, 0.29) is 18.1 Å². The quantitative estimate of drug-likeness (QED) is 0.844. The van der Waals surface area contributed by atoms with Crippen LogP contribution in [0.4, 0.5) is 0 Å². The van der Waals surface area contributed by atoms with E-state index in [1.807, 2.05) is 12.3 Å². The molecule has 0 amide bonds. The summed E-state index contributed by atoms with van der Waals surface area (Å²) in [7, 11) is 1.39. The van der Waals surface area contributed by atoms with Gasteiger partial charge in [-0.25, -0.2) is 0 Å². The summed E-state index contributed by atoms with van der Waals surface area (Å²) in [5.41, 5.74) is 1.89. The minimum atomic E-state index is -0.251. The van der Waals surface area contributed by atoms with Gasteiger partial charge in [0.2, 0.25) is 0 Å². The number of phenols is 1. The van der Waals surface area contributed by atoms with Crippen molar-refractivity contribution in [3.63, 3.8) is 0 Å². The van der Waals surface area contributed by atoms with Crippen LogP contribution < -0.4 is 0 Å². The molecule has 0 spiro atoms. The van der Waals surface area contributed by atoms with E-state index in [0.29, 0.717) is 0 Å². The second kappa shape index (κ2) is 5.12. The Morgan fingerprint density at radius 3 is 2.89 bits per heavy atom. The number of aryl methyl sites for hydroxylation is 1. The van der Waals surface area contributed by atoms with Crippen LogP contribution in [-0.4, -0.2) is 22.8 Å². The normalized spacial score (nSPS) is 10.8. The molecule has 0 aliphatic carbocycles. The average Bonchev–Trinajstić information content (AvgIpc) is 2.67. The number of fused-ring (bicyclic) bond motifs is 1. The zero-order valence-corrected chi connectivity index (χ0v) is 10.6. The van der Waals surface area contributed by atoms with Gasteiger partial charge in [0.15, 0.2) is 0 Å². The number of nitrogens with zero attached hydrogens (tertiary/aromatic N) is 1. The number of hydrogen-bond donors (Lipinski definition) is 1. The zero-order valence-electron chi connectivity index (χ0n) is 10.6. The highest BCUT2D eigenvalue weighted by Crippen LogP contribution is 2.26. The van der Waals surface area contributed by atoms with Gasteiger partial charge in [-0.15, -0.1) is 0 Å². The molecule has 0 radical (unpaired) electrons. The molecule has 4 heteroatoms. The molecule has 2 rings (SSSR count). The first kappa shape index (κ1) is 12.5. The summed E-state index contributed by atoms with van der Waals surface area (Å²) in [4.78, 5) is 11.4. The third-order valence-electron chi connectivity index (χ3n) is 2.98. The van der Waals surface area contributed by atoms with E-state index in [9.17, 15) is 9.90 Å². The number of phenolic OH excluding ortho intramolecular Hbond substituents is 1. The van der Waals surface area contributed by atoms with Gasteiger partial charge < -0.3 is 14.4 Å². The van der Waals surface area contributed by atoms with E-state index >= 15 is 0 Å². The van der Waals surface area contributed by atoms with E-state index in [1.165, 1.54) is 7.11 Å². The van der Waals surface area contributed by atoms with Crippen molar-refractivity contribution in [3.05, 3.63) is 30.0 Å². The fraction of sp³-hybridized carbons (Fsp3) is 0.357. The van der Waals surface area contributed by atoms with Gasteiger partial charge in [0.1, 0.15) is 5.75 Å². The summed E-state index contributed by atoms with van der Waals surface area (Å²) in [6.07, 6.45) is 3.22. The Kier molecular flexibility index (Phi) is 3.55. The van der Waals surface area contributed by atoms with Gasteiger partial charge in [0.25, 0.3) is 0 Å². The molecular formula is C14H17NO3. The van der Waals surface area contributed by atoms with Crippen LogP contribution in [0.5, 0.6) is 5.75 Å². The third kappa shape index (κ3) is 2.32. The van der Waals surface area contributed by atoms with Gasteiger partial charge in [-0.2, -0.15) is 0 Å². The Bertz CT molecular complexity index is 572. The largest absolute Gasteiger partial charge is 0.508 e. The maximum atomic E-state index is 11.4. The maximum Gasteiger partial charge on any atom is 0.310 e. The Balaban J connectivity index is 2.50. The van der Waals surface area contributed by atoms with Crippen LogP contribution in [0.25, 0.3) is 10.9 Å². The molecule has 0 bridgehead atoms. The molecule has 1 heterocycles. The van der Waals surface area contributed by atoms with Crippen molar-refractivity contribution in [1.29, 1.82) is 0 Å². The second-order valence-electron chi connectivity index (χ2n) is 4.30. The first-order valence-corrected chi connectivity index (χ1v) is 6.03. The zero-order chi connectivity index (χ0) is 13.1. The lowest BCUT2D eigenvalue weighted by Gasteiger charge is -2.02. The molecular weight excluding hydrogens is 230 g/mol. The van der Waals surface area contributed by atoms with Crippen LogP contribution in [0.15, 0.2) is 24.4 Å².